The van der Waals surface area contributed by atoms with Crippen LogP contribution in [0.15, 0.2) is 0 Å². The van der Waals surface area contributed by atoms with E-state index in [2.05, 4.69) is 25.9 Å². The van der Waals surface area contributed by atoms with E-state index >= 15 is 0 Å². The lowest BCUT2D eigenvalue weighted by molar-refractivity contribution is -0.133. The molecule has 0 saturated heterocycles. The monoisotopic (exact) mass is 212 g/mol. The van der Waals surface area contributed by atoms with Crippen LogP contribution in [-0.2, 0) is 16.1 Å². The highest BCUT2D eigenvalue weighted by molar-refractivity contribution is 5.83. The average molecular weight is 212 g/mol. The van der Waals surface area contributed by atoms with Crippen LogP contribution in [0.25, 0.3) is 0 Å². The van der Waals surface area contributed by atoms with E-state index in [-0.39, 0.29) is 24.9 Å². The Morgan fingerprint density at radius 2 is 2.27 bits per heavy atom. The molecule has 1 aromatic heterocycles. The Hall–Kier alpha value is -1.99. The summed E-state index contributed by atoms with van der Waals surface area (Å²) in [4.78, 5) is 23.4. The van der Waals surface area contributed by atoms with Gasteiger partial charge in [0.15, 0.2) is 5.82 Å². The van der Waals surface area contributed by atoms with Gasteiger partial charge in [-0.25, -0.2) is 0 Å². The minimum absolute atomic E-state index is 0.0210. The summed E-state index contributed by atoms with van der Waals surface area (Å²) in [6.07, 6.45) is 0. The van der Waals surface area contributed by atoms with Crippen LogP contribution >= 0.6 is 0 Å². The van der Waals surface area contributed by atoms with E-state index in [4.69, 9.17) is 0 Å². The number of aromatic nitrogens is 4. The molecule has 0 aromatic carbocycles. The van der Waals surface area contributed by atoms with Gasteiger partial charge in [-0.05, 0) is 0 Å². The SMILES string of the molecule is CC(=O)N(C)CC(=O)NCc1nn[nH]n1. The maximum atomic E-state index is 11.3. The molecule has 0 aliphatic rings. The summed E-state index contributed by atoms with van der Waals surface area (Å²) in [5.74, 6) is -0.0314. The third-order valence-corrected chi connectivity index (χ3v) is 1.75. The molecule has 1 rings (SSSR count). The summed E-state index contributed by atoms with van der Waals surface area (Å²) in [6, 6.07) is 0. The first-order chi connectivity index (χ1) is 7.09. The van der Waals surface area contributed by atoms with Crippen LogP contribution in [-0.4, -0.2) is 50.9 Å². The van der Waals surface area contributed by atoms with E-state index in [1.54, 1.807) is 7.05 Å². The molecule has 0 spiro atoms. The molecule has 0 aliphatic carbocycles. The smallest absolute Gasteiger partial charge is 0.239 e. The Morgan fingerprint density at radius 1 is 1.53 bits per heavy atom. The number of carbonyl (C=O) groups excluding carboxylic acids is 2. The third-order valence-electron chi connectivity index (χ3n) is 1.75. The van der Waals surface area contributed by atoms with Gasteiger partial charge in [0.2, 0.25) is 11.8 Å². The maximum Gasteiger partial charge on any atom is 0.239 e. The molecule has 8 heteroatoms. The van der Waals surface area contributed by atoms with E-state index in [9.17, 15) is 9.59 Å². The predicted octanol–water partition coefficient (Wildman–Crippen LogP) is -1.71. The molecule has 0 unspecified atom stereocenters. The number of nitrogens with zero attached hydrogens (tertiary/aromatic N) is 4. The molecule has 0 radical (unpaired) electrons. The Kier molecular flexibility index (Phi) is 3.72. The van der Waals surface area contributed by atoms with Crippen molar-refractivity contribution in [1.82, 2.24) is 30.8 Å². The Balaban J connectivity index is 2.28. The highest BCUT2D eigenvalue weighted by Gasteiger charge is 2.09. The molecule has 0 fully saturated rings. The number of hydrogen-bond donors (Lipinski definition) is 2. The van der Waals surface area contributed by atoms with E-state index < -0.39 is 0 Å². The van der Waals surface area contributed by atoms with Gasteiger partial charge in [0.1, 0.15) is 0 Å². The van der Waals surface area contributed by atoms with Crippen LogP contribution in [0.3, 0.4) is 0 Å². The van der Waals surface area contributed by atoms with Gasteiger partial charge in [-0.3, -0.25) is 9.59 Å². The largest absolute Gasteiger partial charge is 0.347 e. The number of tetrazole rings is 1. The van der Waals surface area contributed by atoms with E-state index in [1.807, 2.05) is 0 Å². The van der Waals surface area contributed by atoms with Crippen LogP contribution in [0.2, 0.25) is 0 Å². The zero-order valence-electron chi connectivity index (χ0n) is 8.52. The Bertz CT molecular complexity index is 335. The summed E-state index contributed by atoms with van der Waals surface area (Å²) < 4.78 is 0. The molecular formula is C7H12N6O2. The molecule has 15 heavy (non-hydrogen) atoms. The van der Waals surface area contributed by atoms with Crippen molar-refractivity contribution < 1.29 is 9.59 Å². The summed E-state index contributed by atoms with van der Waals surface area (Å²) in [7, 11) is 1.55. The van der Waals surface area contributed by atoms with Crippen molar-refractivity contribution >= 4 is 11.8 Å². The van der Waals surface area contributed by atoms with Gasteiger partial charge in [0.25, 0.3) is 0 Å². The third kappa shape index (κ3) is 3.71. The van der Waals surface area contributed by atoms with Crippen molar-refractivity contribution in [3.8, 4) is 0 Å². The van der Waals surface area contributed by atoms with Crippen molar-refractivity contribution in [2.75, 3.05) is 13.6 Å². The van der Waals surface area contributed by atoms with Gasteiger partial charge in [-0.1, -0.05) is 5.21 Å². The second kappa shape index (κ2) is 5.03. The van der Waals surface area contributed by atoms with Crippen molar-refractivity contribution in [2.24, 2.45) is 0 Å². The van der Waals surface area contributed by atoms with Crippen molar-refractivity contribution in [2.45, 2.75) is 13.5 Å². The lowest BCUT2D eigenvalue weighted by Crippen LogP contribution is -2.37. The number of nitrogens with one attached hydrogen (secondary N) is 2. The first kappa shape index (κ1) is 11.1. The minimum Gasteiger partial charge on any atom is -0.347 e. The fraction of sp³-hybridized carbons (Fsp3) is 0.571. The van der Waals surface area contributed by atoms with Crippen LogP contribution in [0.4, 0.5) is 0 Å². The fourth-order valence-corrected chi connectivity index (χ4v) is 0.818. The van der Waals surface area contributed by atoms with Crippen LogP contribution in [0, 0.1) is 0 Å². The standard InChI is InChI=1S/C7H12N6O2/c1-5(14)13(2)4-7(15)8-3-6-9-11-12-10-6/h3-4H2,1-2H3,(H,8,15)(H,9,10,11,12). The van der Waals surface area contributed by atoms with E-state index in [1.165, 1.54) is 11.8 Å². The highest BCUT2D eigenvalue weighted by atomic mass is 16.2. The van der Waals surface area contributed by atoms with Crippen LogP contribution in [0.5, 0.6) is 0 Å². The average Bonchev–Trinajstić information content (AvgIpc) is 2.66. The van der Waals surface area contributed by atoms with Gasteiger partial charge in [-0.15, -0.1) is 10.2 Å². The molecule has 2 amide bonds. The first-order valence-corrected chi connectivity index (χ1v) is 4.30. The molecule has 0 aliphatic heterocycles. The van der Waals surface area contributed by atoms with Gasteiger partial charge in [0, 0.05) is 14.0 Å². The predicted molar refractivity (Wildman–Crippen MR) is 49.3 cm³/mol. The number of carbonyl (C=O) groups is 2. The van der Waals surface area contributed by atoms with Gasteiger partial charge in [-0.2, -0.15) is 5.21 Å². The van der Waals surface area contributed by atoms with E-state index in [0.717, 1.165) is 0 Å². The first-order valence-electron chi connectivity index (χ1n) is 4.30. The fourth-order valence-electron chi connectivity index (χ4n) is 0.818. The van der Waals surface area contributed by atoms with Crippen LogP contribution in [0.1, 0.15) is 12.7 Å². The summed E-state index contributed by atoms with van der Waals surface area (Å²) in [5.41, 5.74) is 0. The second-order valence-electron chi connectivity index (χ2n) is 2.98. The number of rotatable bonds is 4. The summed E-state index contributed by atoms with van der Waals surface area (Å²) >= 11 is 0. The lowest BCUT2D eigenvalue weighted by atomic mass is 10.4. The van der Waals surface area contributed by atoms with Gasteiger partial charge in [0.05, 0.1) is 13.1 Å². The highest BCUT2D eigenvalue weighted by Crippen LogP contribution is 1.85. The van der Waals surface area contributed by atoms with Crippen molar-refractivity contribution in [1.29, 1.82) is 0 Å². The molecule has 1 aromatic rings. The molecule has 82 valence electrons. The normalized spacial score (nSPS) is 9.73. The molecule has 0 atom stereocenters. The number of H-pyrrole nitrogens is 1. The van der Waals surface area contributed by atoms with Gasteiger partial charge >= 0.3 is 0 Å². The Morgan fingerprint density at radius 3 is 2.80 bits per heavy atom. The van der Waals surface area contributed by atoms with Gasteiger partial charge < -0.3 is 10.2 Å². The summed E-state index contributed by atoms with van der Waals surface area (Å²) in [5, 5.41) is 15.5. The molecular weight excluding hydrogens is 200 g/mol. The number of aromatic amines is 1. The van der Waals surface area contributed by atoms with E-state index in [0.29, 0.717) is 5.82 Å². The molecule has 2 N–H and O–H groups in total. The quantitative estimate of drug-likeness (QED) is 0.618. The number of hydrogen-bond acceptors (Lipinski definition) is 5. The molecule has 0 bridgehead atoms. The summed E-state index contributed by atoms with van der Waals surface area (Å²) in [6.45, 7) is 1.61. The van der Waals surface area contributed by atoms with Crippen LogP contribution < -0.4 is 5.32 Å². The molecule has 1 heterocycles. The van der Waals surface area contributed by atoms with Crippen molar-refractivity contribution in [3.05, 3.63) is 5.82 Å². The zero-order chi connectivity index (χ0) is 11.3. The minimum atomic E-state index is -0.266. The lowest BCUT2D eigenvalue weighted by Gasteiger charge is -2.13. The topological polar surface area (TPSA) is 104 Å². The number of likely N-dealkylation sites (N-methyl/N-ethyl adjacent to an activating group) is 1. The molecule has 8 nitrogen and oxygen atoms in total. The maximum absolute atomic E-state index is 11.3. The van der Waals surface area contributed by atoms with Crippen molar-refractivity contribution in [3.63, 3.8) is 0 Å². The second-order valence-corrected chi connectivity index (χ2v) is 2.98. The zero-order valence-corrected chi connectivity index (χ0v) is 8.52. The Labute approximate surface area is 86.0 Å². The molecule has 0 saturated carbocycles. The number of amides is 2.